The molecule has 0 amide bonds. The molecule has 5 rings (SSSR count). The number of halogens is 3. The number of hydrazone groups is 1. The topological polar surface area (TPSA) is 87.6 Å². The van der Waals surface area contributed by atoms with Crippen molar-refractivity contribution >= 4 is 61.6 Å². The summed E-state index contributed by atoms with van der Waals surface area (Å²) in [5, 5.41) is 7.57. The molecule has 0 atom stereocenters. The predicted octanol–water partition coefficient (Wildman–Crippen LogP) is 6.90. The van der Waals surface area contributed by atoms with Crippen LogP contribution in [-0.4, -0.2) is 34.3 Å². The highest BCUT2D eigenvalue weighted by Gasteiger charge is 2.17. The molecule has 0 bridgehead atoms. The molecule has 194 valence electrons. The van der Waals surface area contributed by atoms with Crippen LogP contribution in [-0.2, 0) is 6.61 Å². The fourth-order valence-electron chi connectivity index (χ4n) is 3.90. The molecule has 11 heteroatoms. The third-order valence-corrected chi connectivity index (χ3v) is 6.95. The van der Waals surface area contributed by atoms with Crippen LogP contribution in [0.3, 0.4) is 0 Å². The minimum atomic E-state index is -0.303. The standard InChI is InChI=1S/C27H24Br2FN7O/c28-21-14-18(15-22(29)24(21)38-17-19-8-4-5-11-23(19)30)16-31-36-26-33-25(32-20-9-2-1-3-10-20)34-27(35-26)37-12-6-7-13-37/h1-5,8-11,14-16H,6-7,12-13,17H2,(H2,32,33,34,35,36)/b31-16-. The quantitative estimate of drug-likeness (QED) is 0.152. The van der Waals surface area contributed by atoms with Gasteiger partial charge in [-0.2, -0.15) is 20.1 Å². The second-order valence-electron chi connectivity index (χ2n) is 8.53. The van der Waals surface area contributed by atoms with Crippen molar-refractivity contribution in [3.63, 3.8) is 0 Å². The van der Waals surface area contributed by atoms with E-state index in [2.05, 4.69) is 67.6 Å². The van der Waals surface area contributed by atoms with Crippen molar-refractivity contribution in [3.8, 4) is 5.75 Å². The number of nitrogens with zero attached hydrogens (tertiary/aromatic N) is 5. The Hall–Kier alpha value is -3.57. The Balaban J connectivity index is 1.30. The Kier molecular flexibility index (Phi) is 8.44. The number of rotatable bonds is 9. The van der Waals surface area contributed by atoms with Crippen LogP contribution in [0.2, 0.25) is 0 Å². The second kappa shape index (κ2) is 12.3. The summed E-state index contributed by atoms with van der Waals surface area (Å²) in [6.45, 7) is 1.92. The van der Waals surface area contributed by atoms with Gasteiger partial charge in [0.05, 0.1) is 15.2 Å². The number of para-hydroxylation sites is 1. The molecule has 0 aliphatic carbocycles. The van der Waals surface area contributed by atoms with E-state index in [1.807, 2.05) is 42.5 Å². The third-order valence-electron chi connectivity index (χ3n) is 5.77. The highest BCUT2D eigenvalue weighted by Crippen LogP contribution is 2.35. The fourth-order valence-corrected chi connectivity index (χ4v) is 5.35. The maximum Gasteiger partial charge on any atom is 0.250 e. The minimum absolute atomic E-state index is 0.108. The van der Waals surface area contributed by atoms with Gasteiger partial charge in [-0.1, -0.05) is 36.4 Å². The van der Waals surface area contributed by atoms with E-state index in [0.29, 0.717) is 38.1 Å². The van der Waals surface area contributed by atoms with Crippen molar-refractivity contribution in [2.75, 3.05) is 28.7 Å². The molecule has 1 aliphatic rings. The molecular formula is C27H24Br2FN7O. The molecule has 0 spiro atoms. The fraction of sp³-hybridized carbons (Fsp3) is 0.185. The van der Waals surface area contributed by atoms with Gasteiger partial charge in [0.1, 0.15) is 18.2 Å². The van der Waals surface area contributed by atoms with Crippen LogP contribution >= 0.6 is 31.9 Å². The van der Waals surface area contributed by atoms with Gasteiger partial charge in [-0.3, -0.25) is 0 Å². The lowest BCUT2D eigenvalue weighted by Crippen LogP contribution is -2.21. The molecule has 1 saturated heterocycles. The lowest BCUT2D eigenvalue weighted by Gasteiger charge is -2.16. The lowest BCUT2D eigenvalue weighted by molar-refractivity contribution is 0.296. The number of ether oxygens (including phenoxy) is 1. The summed E-state index contributed by atoms with van der Waals surface area (Å²) in [5.41, 5.74) is 5.09. The van der Waals surface area contributed by atoms with Crippen molar-refractivity contribution < 1.29 is 9.13 Å². The Morgan fingerprint density at radius 2 is 1.61 bits per heavy atom. The van der Waals surface area contributed by atoms with Gasteiger partial charge in [0.25, 0.3) is 0 Å². The average molecular weight is 641 g/mol. The predicted molar refractivity (Wildman–Crippen MR) is 155 cm³/mol. The van der Waals surface area contributed by atoms with Crippen molar-refractivity contribution in [2.45, 2.75) is 19.4 Å². The molecule has 0 unspecified atom stereocenters. The largest absolute Gasteiger partial charge is 0.486 e. The molecule has 1 fully saturated rings. The Bertz CT molecular complexity index is 1410. The SMILES string of the molecule is Fc1ccccc1COc1c(Br)cc(/C=N\Nc2nc(Nc3ccccc3)nc(N3CCCC3)n2)cc1Br. The van der Waals surface area contributed by atoms with Crippen LogP contribution in [0.1, 0.15) is 24.0 Å². The molecule has 4 aromatic rings. The first kappa shape index (κ1) is 26.1. The van der Waals surface area contributed by atoms with E-state index in [-0.39, 0.29) is 12.4 Å². The van der Waals surface area contributed by atoms with E-state index in [1.165, 1.54) is 6.07 Å². The van der Waals surface area contributed by atoms with Crippen LogP contribution in [0.5, 0.6) is 5.75 Å². The molecule has 38 heavy (non-hydrogen) atoms. The number of aromatic nitrogens is 3. The zero-order valence-electron chi connectivity index (χ0n) is 20.2. The monoisotopic (exact) mass is 639 g/mol. The zero-order valence-corrected chi connectivity index (χ0v) is 23.4. The number of hydrogen-bond donors (Lipinski definition) is 2. The summed E-state index contributed by atoms with van der Waals surface area (Å²) in [6, 6.07) is 20.0. The van der Waals surface area contributed by atoms with Crippen molar-refractivity contribution in [2.24, 2.45) is 5.10 Å². The summed E-state index contributed by atoms with van der Waals surface area (Å²) < 4.78 is 21.2. The van der Waals surface area contributed by atoms with E-state index in [9.17, 15) is 4.39 Å². The van der Waals surface area contributed by atoms with Crippen molar-refractivity contribution in [1.29, 1.82) is 0 Å². The van der Waals surface area contributed by atoms with Gasteiger partial charge in [-0.15, -0.1) is 0 Å². The van der Waals surface area contributed by atoms with Crippen molar-refractivity contribution in [3.05, 3.63) is 92.6 Å². The highest BCUT2D eigenvalue weighted by atomic mass is 79.9. The highest BCUT2D eigenvalue weighted by molar-refractivity contribution is 9.11. The summed E-state index contributed by atoms with van der Waals surface area (Å²) in [5.74, 6) is 1.65. The second-order valence-corrected chi connectivity index (χ2v) is 10.2. The van der Waals surface area contributed by atoms with Crippen LogP contribution in [0.15, 0.2) is 80.8 Å². The van der Waals surface area contributed by atoms with Crippen LogP contribution in [0.4, 0.5) is 27.9 Å². The molecule has 0 radical (unpaired) electrons. The Morgan fingerprint density at radius 1 is 0.921 bits per heavy atom. The van der Waals surface area contributed by atoms with Gasteiger partial charge < -0.3 is 15.0 Å². The number of hydrogen-bond acceptors (Lipinski definition) is 8. The van der Waals surface area contributed by atoms with E-state index < -0.39 is 0 Å². The lowest BCUT2D eigenvalue weighted by atomic mass is 10.2. The zero-order chi connectivity index (χ0) is 26.3. The molecule has 1 aromatic heterocycles. The third kappa shape index (κ3) is 6.65. The van der Waals surface area contributed by atoms with E-state index >= 15 is 0 Å². The molecule has 8 nitrogen and oxygen atoms in total. The van der Waals surface area contributed by atoms with Gasteiger partial charge in [0, 0.05) is 24.3 Å². The summed E-state index contributed by atoms with van der Waals surface area (Å²) in [4.78, 5) is 15.8. The average Bonchev–Trinajstić information content (AvgIpc) is 3.45. The summed E-state index contributed by atoms with van der Waals surface area (Å²) in [6.07, 6.45) is 3.87. The maximum atomic E-state index is 13.9. The van der Waals surface area contributed by atoms with E-state index in [0.717, 1.165) is 37.2 Å². The van der Waals surface area contributed by atoms with Gasteiger partial charge in [0.2, 0.25) is 17.8 Å². The Morgan fingerprint density at radius 3 is 2.34 bits per heavy atom. The van der Waals surface area contributed by atoms with Gasteiger partial charge in [-0.05, 0) is 80.6 Å². The van der Waals surface area contributed by atoms with E-state index in [4.69, 9.17) is 4.74 Å². The van der Waals surface area contributed by atoms with E-state index in [1.54, 1.807) is 24.4 Å². The van der Waals surface area contributed by atoms with Gasteiger partial charge in [-0.25, -0.2) is 9.82 Å². The molecule has 2 heterocycles. The van der Waals surface area contributed by atoms with Gasteiger partial charge in [0.15, 0.2) is 0 Å². The molecule has 3 aromatic carbocycles. The van der Waals surface area contributed by atoms with Crippen molar-refractivity contribution in [1.82, 2.24) is 15.0 Å². The molecule has 2 N–H and O–H groups in total. The number of benzene rings is 3. The summed E-state index contributed by atoms with van der Waals surface area (Å²) in [7, 11) is 0. The van der Waals surface area contributed by atoms with Crippen LogP contribution < -0.4 is 20.4 Å². The van der Waals surface area contributed by atoms with Crippen LogP contribution in [0, 0.1) is 5.82 Å². The first-order valence-electron chi connectivity index (χ1n) is 12.0. The smallest absolute Gasteiger partial charge is 0.250 e. The maximum absolute atomic E-state index is 13.9. The molecule has 1 aliphatic heterocycles. The normalized spacial score (nSPS) is 13.2. The first-order valence-corrected chi connectivity index (χ1v) is 13.6. The van der Waals surface area contributed by atoms with Gasteiger partial charge >= 0.3 is 0 Å². The summed E-state index contributed by atoms with van der Waals surface area (Å²) >= 11 is 7.08. The minimum Gasteiger partial charge on any atom is -0.486 e. The molecular weight excluding hydrogens is 617 g/mol. The Labute approximate surface area is 236 Å². The number of nitrogens with one attached hydrogen (secondary N) is 2. The first-order chi connectivity index (χ1) is 18.5. The van der Waals surface area contributed by atoms with Crippen LogP contribution in [0.25, 0.3) is 0 Å². The number of anilines is 4. The molecule has 0 saturated carbocycles.